The monoisotopic (exact) mass is 409 g/mol. The normalized spacial score (nSPS) is 21.2. The van der Waals surface area contributed by atoms with Gasteiger partial charge >= 0.3 is 0 Å². The van der Waals surface area contributed by atoms with Crippen molar-refractivity contribution in [2.24, 2.45) is 0 Å². The van der Waals surface area contributed by atoms with Crippen molar-refractivity contribution >= 4 is 33.0 Å². The number of carbonyl (C=O) groups is 1. The Morgan fingerprint density at radius 2 is 2.07 bits per heavy atom. The molecule has 27 heavy (non-hydrogen) atoms. The summed E-state index contributed by atoms with van der Waals surface area (Å²) in [6, 6.07) is 6.54. The van der Waals surface area contributed by atoms with Crippen LogP contribution in [-0.2, 0) is 9.84 Å². The van der Waals surface area contributed by atoms with Crippen molar-refractivity contribution in [3.05, 3.63) is 40.7 Å². The van der Waals surface area contributed by atoms with Crippen molar-refractivity contribution in [2.75, 3.05) is 23.9 Å². The number of benzene rings is 1. The summed E-state index contributed by atoms with van der Waals surface area (Å²) in [5, 5.41) is 7.72. The van der Waals surface area contributed by atoms with E-state index in [0.29, 0.717) is 28.8 Å². The van der Waals surface area contributed by atoms with Crippen molar-refractivity contribution in [3.8, 4) is 5.75 Å². The second-order valence-electron chi connectivity index (χ2n) is 7.03. The lowest BCUT2D eigenvalue weighted by molar-refractivity contribution is 0.102. The van der Waals surface area contributed by atoms with Crippen LogP contribution in [0.5, 0.6) is 5.75 Å². The van der Waals surface area contributed by atoms with E-state index in [1.54, 1.807) is 28.9 Å². The molecule has 9 heteroatoms. The quantitative estimate of drug-likeness (QED) is 0.819. The predicted molar refractivity (Wildman–Crippen MR) is 102 cm³/mol. The first kappa shape index (κ1) is 18.3. The van der Waals surface area contributed by atoms with Gasteiger partial charge in [-0.1, -0.05) is 11.6 Å². The Bertz CT molecular complexity index is 998. The number of sulfone groups is 1. The number of hydrogen-bond donors (Lipinski definition) is 1. The fourth-order valence-corrected chi connectivity index (χ4v) is 5.29. The summed E-state index contributed by atoms with van der Waals surface area (Å²) in [6.07, 6.45) is 2.61. The average molecular weight is 410 g/mol. The molecule has 2 fully saturated rings. The minimum absolute atomic E-state index is 0.0809. The van der Waals surface area contributed by atoms with E-state index in [2.05, 4.69) is 10.4 Å². The number of rotatable bonds is 5. The maximum absolute atomic E-state index is 12.7. The van der Waals surface area contributed by atoms with Crippen molar-refractivity contribution in [3.63, 3.8) is 0 Å². The van der Waals surface area contributed by atoms with Gasteiger partial charge in [-0.15, -0.1) is 0 Å². The minimum Gasteiger partial charge on any atom is -0.495 e. The summed E-state index contributed by atoms with van der Waals surface area (Å²) in [7, 11) is -1.52. The maximum atomic E-state index is 12.7. The van der Waals surface area contributed by atoms with Crippen LogP contribution in [0.15, 0.2) is 24.3 Å². The molecular weight excluding hydrogens is 390 g/mol. The van der Waals surface area contributed by atoms with Gasteiger partial charge in [-0.05, 0) is 43.5 Å². The Kier molecular flexibility index (Phi) is 4.63. The summed E-state index contributed by atoms with van der Waals surface area (Å²) in [5.74, 6) is 0.720. The first-order chi connectivity index (χ1) is 12.9. The molecule has 2 aliphatic rings. The lowest BCUT2D eigenvalue weighted by Crippen LogP contribution is -2.17. The lowest BCUT2D eigenvalue weighted by Gasteiger charge is -2.12. The van der Waals surface area contributed by atoms with Crippen molar-refractivity contribution in [1.29, 1.82) is 0 Å². The minimum atomic E-state index is -3.03. The first-order valence-corrected chi connectivity index (χ1v) is 11.0. The average Bonchev–Trinajstić information content (AvgIpc) is 3.26. The first-order valence-electron chi connectivity index (χ1n) is 8.81. The van der Waals surface area contributed by atoms with Crippen molar-refractivity contribution in [2.45, 2.75) is 31.2 Å². The number of ether oxygens (including phenoxy) is 1. The smallest absolute Gasteiger partial charge is 0.276 e. The van der Waals surface area contributed by atoms with E-state index >= 15 is 0 Å². The van der Waals surface area contributed by atoms with Crippen LogP contribution in [0, 0.1) is 0 Å². The number of carbonyl (C=O) groups excluding carboxylic acids is 1. The molecule has 4 rings (SSSR count). The molecule has 2 heterocycles. The van der Waals surface area contributed by atoms with Crippen LogP contribution in [0.3, 0.4) is 0 Å². The number of nitrogens with zero attached hydrogens (tertiary/aromatic N) is 2. The molecule has 1 aromatic heterocycles. The van der Waals surface area contributed by atoms with Crippen molar-refractivity contribution < 1.29 is 17.9 Å². The summed E-state index contributed by atoms with van der Waals surface area (Å²) in [4.78, 5) is 12.7. The van der Waals surface area contributed by atoms with Crippen LogP contribution < -0.4 is 10.1 Å². The highest BCUT2D eigenvalue weighted by molar-refractivity contribution is 7.91. The van der Waals surface area contributed by atoms with Crippen molar-refractivity contribution in [1.82, 2.24) is 9.78 Å². The molecule has 144 valence electrons. The largest absolute Gasteiger partial charge is 0.495 e. The maximum Gasteiger partial charge on any atom is 0.276 e. The Hall–Kier alpha value is -2.06. The van der Waals surface area contributed by atoms with Gasteiger partial charge in [0.1, 0.15) is 5.75 Å². The number of anilines is 1. The van der Waals surface area contributed by atoms with E-state index in [9.17, 15) is 13.2 Å². The van der Waals surface area contributed by atoms with E-state index in [1.807, 2.05) is 0 Å². The zero-order valence-electron chi connectivity index (χ0n) is 14.8. The number of nitrogens with one attached hydrogen (secondary N) is 1. The molecule has 7 nitrogen and oxygen atoms in total. The summed E-state index contributed by atoms with van der Waals surface area (Å²) < 4.78 is 30.7. The molecule has 1 saturated heterocycles. The molecule has 2 aromatic rings. The van der Waals surface area contributed by atoms with Gasteiger partial charge in [-0.25, -0.2) is 8.42 Å². The van der Waals surface area contributed by atoms with Crippen LogP contribution in [-0.4, -0.2) is 42.7 Å². The highest BCUT2D eigenvalue weighted by Crippen LogP contribution is 2.42. The zero-order chi connectivity index (χ0) is 19.2. The SMILES string of the molecule is COc1ccc(Cl)cc1NC(=O)c1cc(C2CC2)n(C2CCS(=O)(=O)C2)n1. The van der Waals surface area contributed by atoms with E-state index in [-0.39, 0.29) is 29.1 Å². The standard InChI is InChI=1S/C18H20ClN3O4S/c1-26-17-5-4-12(19)8-14(17)20-18(23)15-9-16(11-2-3-11)22(21-15)13-6-7-27(24,25)10-13/h4-5,8-9,11,13H,2-3,6-7,10H2,1H3,(H,20,23). The van der Waals surface area contributed by atoms with Gasteiger partial charge in [0.25, 0.3) is 5.91 Å². The zero-order valence-corrected chi connectivity index (χ0v) is 16.4. The van der Waals surface area contributed by atoms with E-state index in [0.717, 1.165) is 18.5 Å². The second kappa shape index (κ2) is 6.83. The van der Waals surface area contributed by atoms with Gasteiger partial charge < -0.3 is 10.1 Å². The van der Waals surface area contributed by atoms with Gasteiger partial charge in [-0.2, -0.15) is 5.10 Å². The van der Waals surface area contributed by atoms with E-state index in [4.69, 9.17) is 16.3 Å². The summed E-state index contributed by atoms with van der Waals surface area (Å²) in [6.45, 7) is 0. The molecule has 1 aromatic carbocycles. The summed E-state index contributed by atoms with van der Waals surface area (Å²) in [5.41, 5.74) is 1.67. The third-order valence-corrected chi connectivity index (χ3v) is 6.94. The number of amides is 1. The third kappa shape index (κ3) is 3.82. The molecule has 1 N–H and O–H groups in total. The molecule has 0 radical (unpaired) electrons. The Morgan fingerprint density at radius 1 is 1.30 bits per heavy atom. The molecule has 1 atom stereocenters. The molecule has 1 aliphatic heterocycles. The number of methoxy groups -OCH3 is 1. The summed E-state index contributed by atoms with van der Waals surface area (Å²) >= 11 is 6.01. The van der Waals surface area contributed by atoms with Crippen LogP contribution in [0.25, 0.3) is 0 Å². The Balaban J connectivity index is 1.62. The number of halogens is 1. The Morgan fingerprint density at radius 3 is 2.70 bits per heavy atom. The number of aromatic nitrogens is 2. The molecule has 1 saturated carbocycles. The molecule has 1 unspecified atom stereocenters. The van der Waals surface area contributed by atoms with E-state index in [1.165, 1.54) is 7.11 Å². The Labute approximate surface area is 162 Å². The highest BCUT2D eigenvalue weighted by atomic mass is 35.5. The van der Waals surface area contributed by atoms with Crippen LogP contribution >= 0.6 is 11.6 Å². The lowest BCUT2D eigenvalue weighted by atomic mass is 10.2. The van der Waals surface area contributed by atoms with Gasteiger partial charge in [0.05, 0.1) is 30.3 Å². The third-order valence-electron chi connectivity index (χ3n) is 4.96. The van der Waals surface area contributed by atoms with Crippen LogP contribution in [0.4, 0.5) is 5.69 Å². The van der Waals surface area contributed by atoms with Gasteiger partial charge in [-0.3, -0.25) is 9.48 Å². The highest BCUT2D eigenvalue weighted by Gasteiger charge is 2.36. The second-order valence-corrected chi connectivity index (χ2v) is 9.69. The molecule has 0 bridgehead atoms. The molecular formula is C18H20ClN3O4S. The fourth-order valence-electron chi connectivity index (χ4n) is 3.43. The van der Waals surface area contributed by atoms with Gasteiger partial charge in [0.2, 0.25) is 0 Å². The topological polar surface area (TPSA) is 90.3 Å². The number of hydrogen-bond acceptors (Lipinski definition) is 5. The van der Waals surface area contributed by atoms with Gasteiger partial charge in [0.15, 0.2) is 15.5 Å². The molecule has 1 aliphatic carbocycles. The van der Waals surface area contributed by atoms with Crippen LogP contribution in [0.1, 0.15) is 47.4 Å². The molecule has 1 amide bonds. The van der Waals surface area contributed by atoms with Gasteiger partial charge in [0, 0.05) is 16.6 Å². The van der Waals surface area contributed by atoms with E-state index < -0.39 is 9.84 Å². The fraction of sp³-hybridized carbons (Fsp3) is 0.444. The van der Waals surface area contributed by atoms with Crippen LogP contribution in [0.2, 0.25) is 5.02 Å². The predicted octanol–water partition coefficient (Wildman–Crippen LogP) is 3.03. The molecule has 0 spiro atoms.